The Bertz CT molecular complexity index is 1100. The maximum absolute atomic E-state index is 5.46. The Morgan fingerprint density at radius 2 is 1.90 bits per heavy atom. The summed E-state index contributed by atoms with van der Waals surface area (Å²) >= 11 is 3.25. The molecule has 0 aliphatic carbocycles. The Morgan fingerprint density at radius 3 is 2.69 bits per heavy atom. The molecule has 0 amide bonds. The molecular formula is C22H20N4OS2. The Balaban J connectivity index is 1.53. The highest BCUT2D eigenvalue weighted by Crippen LogP contribution is 2.33. The van der Waals surface area contributed by atoms with Crippen molar-refractivity contribution in [2.24, 2.45) is 0 Å². The molecule has 5 nitrogen and oxygen atoms in total. The number of para-hydroxylation sites is 1. The average Bonchev–Trinajstić information content (AvgIpc) is 3.40. The summed E-state index contributed by atoms with van der Waals surface area (Å²) in [5, 5.41) is 12.7. The number of ether oxygens (including phenoxy) is 1. The number of aromatic nitrogens is 4. The van der Waals surface area contributed by atoms with Crippen LogP contribution in [0.25, 0.3) is 22.0 Å². The standard InChI is InChI=1S/C22H20N4OS2/c1-3-13-26-20(16-9-5-4-6-10-16)24-25-22(26)29-15-17-14-28-21(23-17)18-11-7-8-12-19(18)27-2/h3-12,14H,1,13,15H2,2H3. The van der Waals surface area contributed by atoms with E-state index in [4.69, 9.17) is 9.72 Å². The van der Waals surface area contributed by atoms with E-state index in [1.54, 1.807) is 30.2 Å². The Hall–Kier alpha value is -2.90. The first kappa shape index (κ1) is 19.4. The van der Waals surface area contributed by atoms with E-state index in [-0.39, 0.29) is 0 Å². The molecule has 29 heavy (non-hydrogen) atoms. The summed E-state index contributed by atoms with van der Waals surface area (Å²) in [6.07, 6.45) is 1.86. The molecule has 146 valence electrons. The molecule has 0 aliphatic heterocycles. The summed E-state index contributed by atoms with van der Waals surface area (Å²) < 4.78 is 7.54. The number of benzene rings is 2. The molecule has 0 aliphatic rings. The molecule has 4 rings (SSSR count). The molecule has 0 radical (unpaired) electrons. The third-order valence-corrected chi connectivity index (χ3v) is 6.22. The largest absolute Gasteiger partial charge is 0.496 e. The van der Waals surface area contributed by atoms with Crippen LogP contribution in [-0.2, 0) is 12.3 Å². The van der Waals surface area contributed by atoms with E-state index < -0.39 is 0 Å². The molecule has 0 saturated heterocycles. The first-order chi connectivity index (χ1) is 14.3. The van der Waals surface area contributed by atoms with Gasteiger partial charge in [0, 0.05) is 23.2 Å². The van der Waals surface area contributed by atoms with E-state index in [1.165, 1.54) is 0 Å². The van der Waals surface area contributed by atoms with Gasteiger partial charge in [0.05, 0.1) is 18.4 Å². The van der Waals surface area contributed by atoms with Crippen molar-refractivity contribution in [3.63, 3.8) is 0 Å². The third kappa shape index (κ3) is 4.26. The lowest BCUT2D eigenvalue weighted by molar-refractivity contribution is 0.416. The summed E-state index contributed by atoms with van der Waals surface area (Å²) in [4.78, 5) is 4.78. The van der Waals surface area contributed by atoms with Crippen molar-refractivity contribution in [1.82, 2.24) is 19.7 Å². The van der Waals surface area contributed by atoms with Crippen LogP contribution in [0.4, 0.5) is 0 Å². The fraction of sp³-hybridized carbons (Fsp3) is 0.136. The first-order valence-electron chi connectivity index (χ1n) is 9.10. The zero-order valence-electron chi connectivity index (χ0n) is 16.0. The highest BCUT2D eigenvalue weighted by atomic mass is 32.2. The molecule has 2 aromatic heterocycles. The van der Waals surface area contributed by atoms with Crippen molar-refractivity contribution in [3.8, 4) is 27.7 Å². The minimum atomic E-state index is 0.656. The van der Waals surface area contributed by atoms with Crippen molar-refractivity contribution in [2.45, 2.75) is 17.5 Å². The molecular weight excluding hydrogens is 400 g/mol. The molecule has 4 aromatic rings. The summed E-state index contributed by atoms with van der Waals surface area (Å²) in [5.74, 6) is 2.40. The third-order valence-electron chi connectivity index (χ3n) is 4.30. The van der Waals surface area contributed by atoms with Crippen molar-refractivity contribution in [3.05, 3.63) is 78.3 Å². The molecule has 0 atom stereocenters. The predicted molar refractivity (Wildman–Crippen MR) is 119 cm³/mol. The predicted octanol–water partition coefficient (Wildman–Crippen LogP) is 5.56. The maximum Gasteiger partial charge on any atom is 0.192 e. The van der Waals surface area contributed by atoms with Gasteiger partial charge < -0.3 is 4.74 Å². The number of methoxy groups -OCH3 is 1. The number of nitrogens with zero attached hydrogens (tertiary/aromatic N) is 4. The summed E-state index contributed by atoms with van der Waals surface area (Å²) in [7, 11) is 1.68. The molecule has 0 saturated carbocycles. The second kappa shape index (κ2) is 9.07. The normalized spacial score (nSPS) is 10.8. The minimum Gasteiger partial charge on any atom is -0.496 e. The Labute approximate surface area is 178 Å². The number of allylic oxidation sites excluding steroid dienone is 1. The van der Waals surface area contributed by atoms with Gasteiger partial charge in [-0.25, -0.2) is 4.98 Å². The van der Waals surface area contributed by atoms with Gasteiger partial charge in [-0.2, -0.15) is 0 Å². The van der Waals surface area contributed by atoms with E-state index in [0.717, 1.165) is 44.3 Å². The fourth-order valence-corrected chi connectivity index (χ4v) is 4.74. The molecule has 0 bridgehead atoms. The quantitative estimate of drug-likeness (QED) is 0.276. The number of thioether (sulfide) groups is 1. The van der Waals surface area contributed by atoms with Crippen LogP contribution in [0.3, 0.4) is 0 Å². The van der Waals surface area contributed by atoms with Crippen LogP contribution in [0.15, 0.2) is 77.8 Å². The van der Waals surface area contributed by atoms with Crippen LogP contribution < -0.4 is 4.74 Å². The zero-order chi connectivity index (χ0) is 20.1. The number of hydrogen-bond donors (Lipinski definition) is 0. The van der Waals surface area contributed by atoms with Crippen molar-refractivity contribution < 1.29 is 4.74 Å². The fourth-order valence-electron chi connectivity index (χ4n) is 2.95. The highest BCUT2D eigenvalue weighted by Gasteiger charge is 2.15. The molecule has 2 heterocycles. The second-order valence-electron chi connectivity index (χ2n) is 6.20. The molecule has 0 N–H and O–H groups in total. The summed E-state index contributed by atoms with van der Waals surface area (Å²) in [6.45, 7) is 4.53. The van der Waals surface area contributed by atoms with Gasteiger partial charge in [-0.1, -0.05) is 60.3 Å². The molecule has 0 unspecified atom stereocenters. The lowest BCUT2D eigenvalue weighted by Crippen LogP contribution is -2.00. The van der Waals surface area contributed by atoms with Gasteiger partial charge in [0.25, 0.3) is 0 Å². The monoisotopic (exact) mass is 420 g/mol. The van der Waals surface area contributed by atoms with Crippen LogP contribution in [0.5, 0.6) is 5.75 Å². The maximum atomic E-state index is 5.46. The van der Waals surface area contributed by atoms with Gasteiger partial charge in [-0.05, 0) is 12.1 Å². The van der Waals surface area contributed by atoms with Crippen LogP contribution in [0, 0.1) is 0 Å². The van der Waals surface area contributed by atoms with Gasteiger partial charge in [0.1, 0.15) is 10.8 Å². The number of rotatable bonds is 8. The lowest BCUT2D eigenvalue weighted by atomic mass is 10.2. The van der Waals surface area contributed by atoms with E-state index in [0.29, 0.717) is 6.54 Å². The topological polar surface area (TPSA) is 52.8 Å². The van der Waals surface area contributed by atoms with E-state index in [9.17, 15) is 0 Å². The van der Waals surface area contributed by atoms with E-state index in [2.05, 4.69) is 26.7 Å². The molecule has 0 spiro atoms. The molecule has 0 fully saturated rings. The Kier molecular flexibility index (Phi) is 6.07. The molecule has 2 aromatic carbocycles. The van der Waals surface area contributed by atoms with E-state index >= 15 is 0 Å². The number of hydrogen-bond acceptors (Lipinski definition) is 6. The second-order valence-corrected chi connectivity index (χ2v) is 8.01. The van der Waals surface area contributed by atoms with Crippen molar-refractivity contribution in [2.75, 3.05) is 7.11 Å². The average molecular weight is 421 g/mol. The minimum absolute atomic E-state index is 0.656. The first-order valence-corrected chi connectivity index (χ1v) is 11.0. The molecule has 7 heteroatoms. The van der Waals surface area contributed by atoms with E-state index in [1.807, 2.05) is 60.7 Å². The van der Waals surface area contributed by atoms with Gasteiger partial charge in [-0.15, -0.1) is 28.1 Å². The number of thiazole rings is 1. The van der Waals surface area contributed by atoms with Crippen LogP contribution >= 0.6 is 23.1 Å². The summed E-state index contributed by atoms with van der Waals surface area (Å²) in [5.41, 5.74) is 3.06. The van der Waals surface area contributed by atoms with Crippen LogP contribution in [-0.4, -0.2) is 26.9 Å². The van der Waals surface area contributed by atoms with Gasteiger partial charge in [0.2, 0.25) is 0 Å². The van der Waals surface area contributed by atoms with Crippen molar-refractivity contribution in [1.29, 1.82) is 0 Å². The SMILES string of the molecule is C=CCn1c(SCc2csc(-c3ccccc3OC)n2)nnc1-c1ccccc1. The zero-order valence-corrected chi connectivity index (χ0v) is 17.6. The highest BCUT2D eigenvalue weighted by molar-refractivity contribution is 7.98. The van der Waals surface area contributed by atoms with Crippen molar-refractivity contribution >= 4 is 23.1 Å². The van der Waals surface area contributed by atoms with Gasteiger partial charge >= 0.3 is 0 Å². The van der Waals surface area contributed by atoms with Crippen LogP contribution in [0.1, 0.15) is 5.69 Å². The van der Waals surface area contributed by atoms with Gasteiger partial charge in [-0.3, -0.25) is 4.57 Å². The smallest absolute Gasteiger partial charge is 0.192 e. The van der Waals surface area contributed by atoms with Crippen LogP contribution in [0.2, 0.25) is 0 Å². The Morgan fingerprint density at radius 1 is 1.10 bits per heavy atom. The summed E-state index contributed by atoms with van der Waals surface area (Å²) in [6, 6.07) is 18.0. The van der Waals surface area contributed by atoms with Gasteiger partial charge in [0.15, 0.2) is 11.0 Å². The lowest BCUT2D eigenvalue weighted by Gasteiger charge is -2.07.